The molecule has 0 unspecified atom stereocenters. The number of aromatic nitrogens is 3. The van der Waals surface area contributed by atoms with Crippen LogP contribution in [0.1, 0.15) is 17.5 Å². The highest BCUT2D eigenvalue weighted by Crippen LogP contribution is 2.21. The lowest BCUT2D eigenvalue weighted by Gasteiger charge is -2.34. The van der Waals surface area contributed by atoms with E-state index in [9.17, 15) is 9.59 Å². The first-order chi connectivity index (χ1) is 15.0. The number of hydrogen-bond donors (Lipinski definition) is 0. The summed E-state index contributed by atoms with van der Waals surface area (Å²) < 4.78 is 3.22. The Balaban J connectivity index is 1.46. The van der Waals surface area contributed by atoms with Gasteiger partial charge in [-0.2, -0.15) is 5.10 Å². The Labute approximate surface area is 182 Å². The third-order valence-corrected chi connectivity index (χ3v) is 6.09. The zero-order valence-electron chi connectivity index (χ0n) is 18.3. The van der Waals surface area contributed by atoms with Gasteiger partial charge in [-0.05, 0) is 37.1 Å². The lowest BCUT2D eigenvalue weighted by Crippen LogP contribution is -2.48. The van der Waals surface area contributed by atoms with Gasteiger partial charge in [0.15, 0.2) is 0 Å². The molecule has 0 spiro atoms. The van der Waals surface area contributed by atoms with E-state index in [0.29, 0.717) is 18.5 Å². The maximum absolute atomic E-state index is 13.0. The first-order valence-electron chi connectivity index (χ1n) is 10.7. The van der Waals surface area contributed by atoms with Crippen molar-refractivity contribution in [1.82, 2.24) is 24.0 Å². The Hall–Kier alpha value is -3.19. The fourth-order valence-corrected chi connectivity index (χ4v) is 3.98. The molecule has 0 saturated carbocycles. The Morgan fingerprint density at radius 2 is 1.87 bits per heavy atom. The number of hydrogen-bond acceptors (Lipinski definition) is 4. The average molecular weight is 420 g/mol. The topological polar surface area (TPSA) is 62.9 Å². The van der Waals surface area contributed by atoms with Gasteiger partial charge in [-0.1, -0.05) is 18.2 Å². The molecule has 0 bridgehead atoms. The number of carbonyl (C=O) groups is 1. The first-order valence-corrected chi connectivity index (χ1v) is 10.7. The number of amides is 1. The molecular weight excluding hydrogens is 390 g/mol. The summed E-state index contributed by atoms with van der Waals surface area (Å²) in [5.41, 5.74) is 4.56. The van der Waals surface area contributed by atoms with E-state index in [-0.39, 0.29) is 11.5 Å². The summed E-state index contributed by atoms with van der Waals surface area (Å²) in [6, 6.07) is 8.00. The minimum absolute atomic E-state index is 0.0920. The second kappa shape index (κ2) is 8.89. The van der Waals surface area contributed by atoms with Crippen molar-refractivity contribution in [2.45, 2.75) is 26.8 Å². The van der Waals surface area contributed by atoms with Gasteiger partial charge < -0.3 is 9.47 Å². The van der Waals surface area contributed by atoms with Crippen LogP contribution in [0.5, 0.6) is 0 Å². The van der Waals surface area contributed by atoms with Gasteiger partial charge in [0.1, 0.15) is 5.52 Å². The van der Waals surface area contributed by atoms with E-state index in [4.69, 9.17) is 0 Å². The second-order valence-electron chi connectivity index (χ2n) is 8.18. The molecule has 7 heteroatoms. The monoisotopic (exact) mass is 419 g/mol. The lowest BCUT2D eigenvalue weighted by molar-refractivity contribution is -0.133. The van der Waals surface area contributed by atoms with Gasteiger partial charge in [0.05, 0.1) is 5.69 Å². The first kappa shape index (κ1) is 21.1. The summed E-state index contributed by atoms with van der Waals surface area (Å²) in [6.45, 7) is 12.3. The minimum atomic E-state index is -0.131. The molecule has 0 radical (unpaired) electrons. The van der Waals surface area contributed by atoms with Crippen LogP contribution in [-0.2, 0) is 11.3 Å². The average Bonchev–Trinajstić information content (AvgIpc) is 3.21. The SMILES string of the molecule is C=CCN1CCN(C(=O)CCn2ccn3nc(-c4ccc(C)c(C)c4)cc3c2=O)CC1. The molecule has 2 aromatic heterocycles. The summed E-state index contributed by atoms with van der Waals surface area (Å²) in [6.07, 6.45) is 5.69. The summed E-state index contributed by atoms with van der Waals surface area (Å²) in [5.74, 6) is 0.0920. The van der Waals surface area contributed by atoms with Gasteiger partial charge in [-0.3, -0.25) is 14.5 Å². The van der Waals surface area contributed by atoms with Crippen molar-refractivity contribution in [2.75, 3.05) is 32.7 Å². The number of benzene rings is 1. The molecule has 7 nitrogen and oxygen atoms in total. The van der Waals surface area contributed by atoms with E-state index in [1.54, 1.807) is 21.5 Å². The van der Waals surface area contributed by atoms with Gasteiger partial charge in [-0.25, -0.2) is 4.52 Å². The van der Waals surface area contributed by atoms with Crippen molar-refractivity contribution in [3.05, 3.63) is 70.8 Å². The lowest BCUT2D eigenvalue weighted by atomic mass is 10.0. The normalized spacial score (nSPS) is 14.8. The van der Waals surface area contributed by atoms with Crippen LogP contribution in [0.25, 0.3) is 16.8 Å². The van der Waals surface area contributed by atoms with Crippen LogP contribution in [0.15, 0.2) is 54.1 Å². The van der Waals surface area contributed by atoms with Crippen molar-refractivity contribution >= 4 is 11.4 Å². The zero-order valence-corrected chi connectivity index (χ0v) is 18.3. The molecule has 0 atom stereocenters. The molecule has 0 N–H and O–H groups in total. The van der Waals surface area contributed by atoms with Crippen LogP contribution in [0.4, 0.5) is 0 Å². The molecular formula is C24H29N5O2. The van der Waals surface area contributed by atoms with Crippen LogP contribution < -0.4 is 5.56 Å². The molecule has 1 aromatic carbocycles. The van der Waals surface area contributed by atoms with Crippen molar-refractivity contribution in [3.8, 4) is 11.3 Å². The second-order valence-corrected chi connectivity index (χ2v) is 8.18. The van der Waals surface area contributed by atoms with E-state index in [1.807, 2.05) is 23.1 Å². The van der Waals surface area contributed by atoms with Crippen molar-refractivity contribution in [2.24, 2.45) is 0 Å². The van der Waals surface area contributed by atoms with Crippen molar-refractivity contribution in [1.29, 1.82) is 0 Å². The van der Waals surface area contributed by atoms with Gasteiger partial charge in [0.2, 0.25) is 5.91 Å². The number of fused-ring (bicyclic) bond motifs is 1. The highest BCUT2D eigenvalue weighted by Gasteiger charge is 2.20. The number of piperazine rings is 1. The number of carbonyl (C=O) groups excluding carboxylic acids is 1. The van der Waals surface area contributed by atoms with E-state index in [1.165, 1.54) is 11.1 Å². The molecule has 3 aromatic rings. The summed E-state index contributed by atoms with van der Waals surface area (Å²) >= 11 is 0. The fraction of sp³-hybridized carbons (Fsp3) is 0.375. The molecule has 1 fully saturated rings. The molecule has 4 rings (SSSR count). The predicted octanol–water partition coefficient (Wildman–Crippen LogP) is 2.50. The highest BCUT2D eigenvalue weighted by atomic mass is 16.2. The maximum Gasteiger partial charge on any atom is 0.276 e. The third-order valence-electron chi connectivity index (χ3n) is 6.09. The molecule has 1 aliphatic rings. The summed E-state index contributed by atoms with van der Waals surface area (Å²) in [4.78, 5) is 29.7. The van der Waals surface area contributed by atoms with Crippen LogP contribution in [0.2, 0.25) is 0 Å². The van der Waals surface area contributed by atoms with Gasteiger partial charge in [-0.15, -0.1) is 6.58 Å². The molecule has 0 aliphatic carbocycles. The van der Waals surface area contributed by atoms with E-state index in [2.05, 4.69) is 42.6 Å². The van der Waals surface area contributed by atoms with Crippen LogP contribution >= 0.6 is 0 Å². The Bertz CT molecular complexity index is 1170. The standard InChI is InChI=1S/C24H29N5O2/c1-4-8-26-10-12-27(13-11-26)23(30)7-9-28-14-15-29-22(24(28)31)17-21(25-29)20-6-5-18(2)19(3)16-20/h4-6,14-17H,1,7-13H2,2-3H3. The maximum atomic E-state index is 13.0. The largest absolute Gasteiger partial charge is 0.340 e. The van der Waals surface area contributed by atoms with Gasteiger partial charge >= 0.3 is 0 Å². The van der Waals surface area contributed by atoms with Crippen LogP contribution in [0.3, 0.4) is 0 Å². The number of rotatable bonds is 6. The molecule has 1 saturated heterocycles. The van der Waals surface area contributed by atoms with E-state index < -0.39 is 0 Å². The summed E-state index contributed by atoms with van der Waals surface area (Å²) in [5, 5.41) is 4.56. The predicted molar refractivity (Wildman–Crippen MR) is 122 cm³/mol. The molecule has 162 valence electrons. The van der Waals surface area contributed by atoms with Crippen molar-refractivity contribution in [3.63, 3.8) is 0 Å². The number of nitrogens with zero attached hydrogens (tertiary/aromatic N) is 5. The Kier molecular flexibility index (Phi) is 6.04. The fourth-order valence-electron chi connectivity index (χ4n) is 3.98. The number of aryl methyl sites for hydroxylation is 3. The minimum Gasteiger partial charge on any atom is -0.340 e. The quantitative estimate of drug-likeness (QED) is 0.576. The van der Waals surface area contributed by atoms with Crippen LogP contribution in [-0.4, -0.2) is 62.6 Å². The van der Waals surface area contributed by atoms with Gasteiger partial charge in [0, 0.05) is 63.6 Å². The van der Waals surface area contributed by atoms with E-state index >= 15 is 0 Å². The van der Waals surface area contributed by atoms with E-state index in [0.717, 1.165) is 44.0 Å². The van der Waals surface area contributed by atoms with Crippen molar-refractivity contribution < 1.29 is 4.79 Å². The molecule has 1 amide bonds. The Morgan fingerprint density at radius 1 is 1.10 bits per heavy atom. The Morgan fingerprint density at radius 3 is 2.58 bits per heavy atom. The molecule has 1 aliphatic heterocycles. The smallest absolute Gasteiger partial charge is 0.276 e. The molecule has 3 heterocycles. The zero-order chi connectivity index (χ0) is 22.0. The van der Waals surface area contributed by atoms with Gasteiger partial charge in [0.25, 0.3) is 5.56 Å². The third kappa shape index (κ3) is 4.46. The van der Waals surface area contributed by atoms with Crippen LogP contribution in [0, 0.1) is 13.8 Å². The summed E-state index contributed by atoms with van der Waals surface area (Å²) in [7, 11) is 0. The highest BCUT2D eigenvalue weighted by molar-refractivity contribution is 5.76. The molecule has 31 heavy (non-hydrogen) atoms.